The van der Waals surface area contributed by atoms with Crippen molar-refractivity contribution < 1.29 is 14.7 Å². The number of rotatable bonds is 4. The van der Waals surface area contributed by atoms with Crippen LogP contribution in [0.25, 0.3) is 0 Å². The number of hydrogen-bond acceptors (Lipinski definition) is 4. The minimum atomic E-state index is -0.890. The molecule has 1 aromatic rings. The van der Waals surface area contributed by atoms with E-state index in [9.17, 15) is 9.59 Å². The summed E-state index contributed by atoms with van der Waals surface area (Å²) in [5, 5.41) is 14.9. The summed E-state index contributed by atoms with van der Waals surface area (Å²) in [6.45, 7) is 0. The van der Waals surface area contributed by atoms with E-state index in [2.05, 4.69) is 31.5 Å². The number of anilines is 1. The zero-order valence-corrected chi connectivity index (χ0v) is 12.5. The minimum absolute atomic E-state index is 0.0397. The van der Waals surface area contributed by atoms with Crippen molar-refractivity contribution in [3.8, 4) is 0 Å². The number of nitrogens with one attached hydrogen (secondary N) is 2. The quantitative estimate of drug-likeness (QED) is 0.780. The Kier molecular flexibility index (Phi) is 4.41. The molecule has 1 fully saturated rings. The third-order valence-electron chi connectivity index (χ3n) is 3.13. The van der Waals surface area contributed by atoms with Gasteiger partial charge < -0.3 is 10.4 Å². The Bertz CT molecular complexity index is 485. The topological polar surface area (TPSA) is 91.3 Å². The van der Waals surface area contributed by atoms with Crippen molar-refractivity contribution in [1.82, 2.24) is 10.3 Å². The summed E-state index contributed by atoms with van der Waals surface area (Å²) >= 11 is 4.56. The SMILES string of the molecule is O=C(O)CC1(NC(=O)Nc2ncc(Br)s2)CCCC1. The molecule has 1 aromatic heterocycles. The number of carbonyl (C=O) groups excluding carboxylic acids is 1. The van der Waals surface area contributed by atoms with E-state index >= 15 is 0 Å². The maximum Gasteiger partial charge on any atom is 0.321 e. The highest BCUT2D eigenvalue weighted by Gasteiger charge is 2.37. The lowest BCUT2D eigenvalue weighted by atomic mass is 9.93. The van der Waals surface area contributed by atoms with Crippen LogP contribution < -0.4 is 10.6 Å². The van der Waals surface area contributed by atoms with Crippen molar-refractivity contribution in [3.05, 3.63) is 9.98 Å². The Labute approximate surface area is 122 Å². The molecule has 6 nitrogen and oxygen atoms in total. The van der Waals surface area contributed by atoms with Crippen LogP contribution in [0.5, 0.6) is 0 Å². The average molecular weight is 348 g/mol. The standard InChI is InChI=1S/C11H14BrN3O3S/c12-7-6-13-10(19-7)14-9(18)15-11(5-8(16)17)3-1-2-4-11/h6H,1-5H2,(H,16,17)(H2,13,14,15,18). The number of carboxylic acids is 1. The summed E-state index contributed by atoms with van der Waals surface area (Å²) in [5.41, 5.74) is -0.621. The minimum Gasteiger partial charge on any atom is -0.481 e. The molecular weight excluding hydrogens is 334 g/mol. The first-order chi connectivity index (χ1) is 8.99. The number of aliphatic carboxylic acids is 1. The molecule has 0 unspecified atom stereocenters. The van der Waals surface area contributed by atoms with Crippen molar-refractivity contribution in [2.24, 2.45) is 0 Å². The highest BCUT2D eigenvalue weighted by Crippen LogP contribution is 2.33. The molecule has 1 saturated carbocycles. The fraction of sp³-hybridized carbons (Fsp3) is 0.545. The largest absolute Gasteiger partial charge is 0.481 e. The molecule has 1 aliphatic carbocycles. The second-order valence-electron chi connectivity index (χ2n) is 4.61. The first kappa shape index (κ1) is 14.3. The highest BCUT2D eigenvalue weighted by atomic mass is 79.9. The van der Waals surface area contributed by atoms with Crippen LogP contribution in [0.15, 0.2) is 9.98 Å². The normalized spacial score (nSPS) is 17.1. The van der Waals surface area contributed by atoms with Crippen molar-refractivity contribution in [2.45, 2.75) is 37.6 Å². The summed E-state index contributed by atoms with van der Waals surface area (Å²) in [5.74, 6) is -0.890. The molecule has 1 aliphatic rings. The van der Waals surface area contributed by atoms with Gasteiger partial charge in [0.15, 0.2) is 5.13 Å². The summed E-state index contributed by atoms with van der Waals surface area (Å²) in [7, 11) is 0. The van der Waals surface area contributed by atoms with Gasteiger partial charge in [-0.1, -0.05) is 24.2 Å². The number of hydrogen-bond donors (Lipinski definition) is 3. The summed E-state index contributed by atoms with van der Waals surface area (Å²) < 4.78 is 0.823. The predicted molar refractivity (Wildman–Crippen MR) is 75.4 cm³/mol. The number of carboxylic acid groups (broad SMARTS) is 1. The van der Waals surface area contributed by atoms with Gasteiger partial charge in [0.1, 0.15) is 0 Å². The second kappa shape index (κ2) is 5.87. The zero-order chi connectivity index (χ0) is 13.9. The van der Waals surface area contributed by atoms with E-state index in [4.69, 9.17) is 5.11 Å². The van der Waals surface area contributed by atoms with Gasteiger partial charge in [0, 0.05) is 0 Å². The van der Waals surface area contributed by atoms with Gasteiger partial charge >= 0.3 is 12.0 Å². The molecule has 0 saturated heterocycles. The summed E-state index contributed by atoms with van der Waals surface area (Å²) in [4.78, 5) is 26.8. The maximum absolute atomic E-state index is 11.9. The lowest BCUT2D eigenvalue weighted by molar-refractivity contribution is -0.138. The molecular formula is C11H14BrN3O3S. The van der Waals surface area contributed by atoms with E-state index in [1.165, 1.54) is 11.3 Å². The van der Waals surface area contributed by atoms with E-state index in [1.54, 1.807) is 6.20 Å². The van der Waals surface area contributed by atoms with Crippen molar-refractivity contribution in [3.63, 3.8) is 0 Å². The molecule has 1 heterocycles. The van der Waals surface area contributed by atoms with E-state index in [-0.39, 0.29) is 6.42 Å². The van der Waals surface area contributed by atoms with Gasteiger partial charge in [-0.05, 0) is 28.8 Å². The van der Waals surface area contributed by atoms with E-state index in [0.717, 1.165) is 16.6 Å². The summed E-state index contributed by atoms with van der Waals surface area (Å²) in [6.07, 6.45) is 4.85. The molecule has 0 bridgehead atoms. The van der Waals surface area contributed by atoms with Gasteiger partial charge in [-0.25, -0.2) is 9.78 Å². The van der Waals surface area contributed by atoms with Crippen LogP contribution in [-0.4, -0.2) is 27.6 Å². The average Bonchev–Trinajstić information content (AvgIpc) is 2.87. The Morgan fingerprint density at radius 1 is 1.47 bits per heavy atom. The highest BCUT2D eigenvalue weighted by molar-refractivity contribution is 9.11. The Morgan fingerprint density at radius 3 is 2.68 bits per heavy atom. The van der Waals surface area contributed by atoms with Gasteiger partial charge in [0.05, 0.1) is 21.9 Å². The summed E-state index contributed by atoms with van der Waals surface area (Å²) in [6, 6.07) is -0.398. The molecule has 0 aliphatic heterocycles. The second-order valence-corrected chi connectivity index (χ2v) is 7.02. The number of halogens is 1. The van der Waals surface area contributed by atoms with Crippen molar-refractivity contribution in [1.29, 1.82) is 0 Å². The van der Waals surface area contributed by atoms with Gasteiger partial charge in [-0.3, -0.25) is 10.1 Å². The smallest absolute Gasteiger partial charge is 0.321 e. The zero-order valence-electron chi connectivity index (χ0n) is 10.1. The maximum atomic E-state index is 11.9. The Hall–Kier alpha value is -1.15. The first-order valence-corrected chi connectivity index (χ1v) is 7.52. The molecule has 3 N–H and O–H groups in total. The molecule has 0 radical (unpaired) electrons. The third kappa shape index (κ3) is 3.90. The molecule has 2 amide bonds. The number of amides is 2. The first-order valence-electron chi connectivity index (χ1n) is 5.91. The Balaban J connectivity index is 1.97. The lowest BCUT2D eigenvalue weighted by Gasteiger charge is -2.28. The van der Waals surface area contributed by atoms with E-state index in [1.807, 2.05) is 0 Å². The molecule has 0 aromatic carbocycles. The molecule has 0 spiro atoms. The predicted octanol–water partition coefficient (Wildman–Crippen LogP) is 2.81. The van der Waals surface area contributed by atoms with Crippen molar-refractivity contribution >= 4 is 44.4 Å². The number of thiazole rings is 1. The fourth-order valence-corrected chi connectivity index (χ4v) is 3.47. The van der Waals surface area contributed by atoms with Crippen LogP contribution in [0, 0.1) is 0 Å². The van der Waals surface area contributed by atoms with Crippen LogP contribution in [0.2, 0.25) is 0 Å². The fourth-order valence-electron chi connectivity index (χ4n) is 2.37. The van der Waals surface area contributed by atoms with Crippen LogP contribution in [0.4, 0.5) is 9.93 Å². The number of carbonyl (C=O) groups is 2. The molecule has 19 heavy (non-hydrogen) atoms. The Morgan fingerprint density at radius 2 is 2.16 bits per heavy atom. The third-order valence-corrected chi connectivity index (χ3v) is 4.52. The van der Waals surface area contributed by atoms with Crippen LogP contribution in [0.1, 0.15) is 32.1 Å². The monoisotopic (exact) mass is 347 g/mol. The molecule has 2 rings (SSSR count). The number of aromatic nitrogens is 1. The van der Waals surface area contributed by atoms with Crippen molar-refractivity contribution in [2.75, 3.05) is 5.32 Å². The molecule has 8 heteroatoms. The van der Waals surface area contributed by atoms with Gasteiger partial charge in [0.2, 0.25) is 0 Å². The van der Waals surface area contributed by atoms with Crippen LogP contribution in [-0.2, 0) is 4.79 Å². The van der Waals surface area contributed by atoms with E-state index < -0.39 is 17.5 Å². The molecule has 104 valence electrons. The van der Waals surface area contributed by atoms with Crippen LogP contribution in [0.3, 0.4) is 0 Å². The number of urea groups is 1. The number of nitrogens with zero attached hydrogens (tertiary/aromatic N) is 1. The lowest BCUT2D eigenvalue weighted by Crippen LogP contribution is -2.49. The van der Waals surface area contributed by atoms with Gasteiger partial charge in [0.25, 0.3) is 0 Å². The van der Waals surface area contributed by atoms with E-state index in [0.29, 0.717) is 18.0 Å². The van der Waals surface area contributed by atoms with Crippen LogP contribution >= 0.6 is 27.3 Å². The molecule has 0 atom stereocenters. The van der Waals surface area contributed by atoms with Gasteiger partial charge in [-0.15, -0.1) is 0 Å². The van der Waals surface area contributed by atoms with Gasteiger partial charge in [-0.2, -0.15) is 0 Å².